The van der Waals surface area contributed by atoms with Gasteiger partial charge in [0.05, 0.1) is 27.3 Å². The molecule has 0 atom stereocenters. The molecule has 4 aromatic heterocycles. The quantitative estimate of drug-likeness (QED) is 0.0589. The van der Waals surface area contributed by atoms with E-state index in [0.29, 0.717) is 42.5 Å². The Kier molecular flexibility index (Phi) is 12.9. The van der Waals surface area contributed by atoms with Crippen molar-refractivity contribution < 1.29 is 14.4 Å². The Labute approximate surface area is 260 Å². The first-order chi connectivity index (χ1) is 18.0. The summed E-state index contributed by atoms with van der Waals surface area (Å²) in [6.07, 6.45) is 0. The Morgan fingerprint density at radius 3 is 1.45 bits per heavy atom. The van der Waals surface area contributed by atoms with E-state index in [1.165, 1.54) is 45.3 Å². The molecule has 0 radical (unpaired) electrons. The molecule has 0 spiro atoms. The third-order valence-corrected chi connectivity index (χ3v) is 8.79. The molecule has 7 nitrogen and oxygen atoms in total. The average Bonchev–Trinajstić information content (AvgIpc) is 3.72. The van der Waals surface area contributed by atoms with Gasteiger partial charge in [0.25, 0.3) is 12.2 Å². The molecule has 4 heterocycles. The topological polar surface area (TPSA) is 108 Å². The molecule has 0 saturated heterocycles. The summed E-state index contributed by atoms with van der Waals surface area (Å²) in [5.74, 6) is -0.0287. The second kappa shape index (κ2) is 15.1. The summed E-state index contributed by atoms with van der Waals surface area (Å²) in [4.78, 5) is 44.4. The number of rotatable bonds is 0. The number of hydrogen-bond donors (Lipinski definition) is 0. The fourth-order valence-electron chi connectivity index (χ4n) is 3.59. The van der Waals surface area contributed by atoms with Gasteiger partial charge in [0.1, 0.15) is 6.07 Å². The lowest BCUT2D eigenvalue weighted by atomic mass is 9.91. The van der Waals surface area contributed by atoms with E-state index in [2.05, 4.69) is 9.69 Å². The highest BCUT2D eigenvalue weighted by Crippen LogP contribution is 2.42. The number of ketones is 3. The summed E-state index contributed by atoms with van der Waals surface area (Å²) in [6.45, 7) is 13.1. The van der Waals surface area contributed by atoms with E-state index in [9.17, 15) is 14.4 Å². The third kappa shape index (κ3) is 6.17. The first kappa shape index (κ1) is 34.2. The first-order valence-corrected chi connectivity index (χ1v) is 13.7. The summed E-state index contributed by atoms with van der Waals surface area (Å²) in [7, 11) is 0. The molecule has 0 fully saturated rings. The summed E-state index contributed by atoms with van der Waals surface area (Å²) in [6, 6.07) is 10.6. The number of nitriles is 2. The highest BCUT2D eigenvalue weighted by atomic mass is 32.1. The maximum Gasteiger partial charge on any atom is 0.298 e. The van der Waals surface area contributed by atoms with Gasteiger partial charge in [-0.2, -0.15) is 5.26 Å². The van der Waals surface area contributed by atoms with Gasteiger partial charge >= 0.3 is 0 Å². The lowest BCUT2D eigenvalue weighted by Gasteiger charge is -2.14. The summed E-state index contributed by atoms with van der Waals surface area (Å²) in [5, 5.41) is 23.9. The minimum atomic E-state index is -0.0139. The second-order valence-electron chi connectivity index (χ2n) is 7.06. The zero-order chi connectivity index (χ0) is 26.5. The maximum absolute atomic E-state index is 12.2. The van der Waals surface area contributed by atoms with E-state index in [4.69, 9.17) is 23.7 Å². The van der Waals surface area contributed by atoms with Crippen molar-refractivity contribution in [3.8, 4) is 12.1 Å². The van der Waals surface area contributed by atoms with E-state index < -0.39 is 0 Å². The highest BCUT2D eigenvalue weighted by Gasteiger charge is 2.32. The van der Waals surface area contributed by atoms with Crippen molar-refractivity contribution >= 4 is 95.3 Å². The number of thiophene rings is 4. The van der Waals surface area contributed by atoms with Crippen molar-refractivity contribution in [2.45, 2.75) is 7.43 Å². The van der Waals surface area contributed by atoms with E-state index in [1.54, 1.807) is 41.1 Å². The van der Waals surface area contributed by atoms with E-state index in [0.717, 1.165) is 4.88 Å². The van der Waals surface area contributed by atoms with Gasteiger partial charge in [-0.1, -0.05) is 7.43 Å². The van der Waals surface area contributed by atoms with Crippen molar-refractivity contribution in [3.63, 3.8) is 0 Å². The Balaban J connectivity index is 0.000000328. The number of carbonyl (C=O) groups excluding carboxylic acids is 3. The fraction of sp³-hybridized carbons (Fsp3) is 0.0741. The van der Waals surface area contributed by atoms with Gasteiger partial charge in [0.15, 0.2) is 0 Å². The molecule has 4 aromatic rings. The van der Waals surface area contributed by atoms with Crippen LogP contribution in [0.25, 0.3) is 15.3 Å². The van der Waals surface area contributed by atoms with Crippen molar-refractivity contribution in [1.82, 2.24) is 0 Å². The van der Waals surface area contributed by atoms with Gasteiger partial charge < -0.3 is 31.8 Å². The van der Waals surface area contributed by atoms with Gasteiger partial charge in [-0.15, -0.1) is 45.3 Å². The van der Waals surface area contributed by atoms with Crippen LogP contribution >= 0.6 is 45.3 Å². The molecule has 0 N–H and O–H groups in total. The van der Waals surface area contributed by atoms with E-state index in [1.807, 2.05) is 16.8 Å². The molecule has 6 rings (SSSR count). The number of fused-ring (bicyclic) bond motifs is 4. The van der Waals surface area contributed by atoms with Crippen LogP contribution in [0.4, 0.5) is 0 Å². The number of hydrogen-bond acceptors (Lipinski definition) is 10. The Hall–Kier alpha value is -3.79. The molecule has 0 aromatic carbocycles. The van der Waals surface area contributed by atoms with Crippen LogP contribution in [0.5, 0.6) is 0 Å². The highest BCUT2D eigenvalue weighted by molar-refractivity contribution is 7.37. The minimum absolute atomic E-state index is 0. The van der Waals surface area contributed by atoms with Crippen molar-refractivity contribution in [2.75, 3.05) is 6.54 Å². The zero-order valence-electron chi connectivity index (χ0n) is 19.3. The van der Waals surface area contributed by atoms with Gasteiger partial charge in [0.2, 0.25) is 17.3 Å². The predicted molar refractivity (Wildman–Crippen MR) is 166 cm³/mol. The minimum Gasteiger partial charge on any atom is -2.00 e. The van der Waals surface area contributed by atoms with Crippen LogP contribution in [0, 0.1) is 35.8 Å². The molecule has 0 saturated carbocycles. The van der Waals surface area contributed by atoms with E-state index >= 15 is 0 Å². The number of carbonyl (C=O) groups is 3. The van der Waals surface area contributed by atoms with Gasteiger partial charge in [-0.25, -0.2) is 16.7 Å². The largest absolute Gasteiger partial charge is 2.00 e. The van der Waals surface area contributed by atoms with Crippen LogP contribution in [0.15, 0.2) is 51.5 Å². The molecular weight excluding hydrogens is 621 g/mol. The maximum atomic E-state index is 12.2. The average molecular weight is 636 g/mol. The fourth-order valence-corrected chi connectivity index (χ4v) is 7.08. The Morgan fingerprint density at radius 2 is 1.10 bits per heavy atom. The molecule has 2 aliphatic carbocycles. The zero-order valence-corrected chi connectivity index (χ0v) is 24.3. The standard InChI is InChI=1S/C13H4N2OS2.C10H4O2S2.C3H2N2.CH4.H2S.S/c1-15-9(6-14)10-7-2-4-18-13(7)11(16)8-3-5-17-12(8)10;11-7-5-1-3-13-9(5)8(12)6-2-4-14-10(6)7;1-5-3-2-4;;;/h2-5H;1-4H;3H2;1H4;1H2;/q;;;;;-2/p-1/b10-9-;;;;;. The predicted octanol–water partition coefficient (Wildman–Crippen LogP) is 6.93. The van der Waals surface area contributed by atoms with Gasteiger partial charge in [-0.3, -0.25) is 14.4 Å². The number of allylic oxidation sites excluding steroid dienone is 1. The SMILES string of the molecule is C.O=C1c2ccsc2C(=O)c2ccsc21.[C-]#[N+]/C(C#N)=C1/c2ccsc2C(=O)c2ccsc21.[C-]#[N+]CC#N.[S-2].[SH-]. The number of nitrogens with zero attached hydrogens (tertiary/aromatic N) is 4. The molecule has 0 amide bonds. The normalized spacial score (nSPS) is 12.3. The van der Waals surface area contributed by atoms with Crippen molar-refractivity contribution in [3.05, 3.63) is 116 Å². The molecule has 200 valence electrons. The Bertz CT molecular complexity index is 1610. The third-order valence-electron chi connectivity index (χ3n) is 5.11. The van der Waals surface area contributed by atoms with Crippen molar-refractivity contribution in [2.24, 2.45) is 0 Å². The van der Waals surface area contributed by atoms with Gasteiger partial charge in [0, 0.05) is 27.1 Å². The number of thiol groups is 1. The molecule has 2 aliphatic rings. The summed E-state index contributed by atoms with van der Waals surface area (Å²) < 4.78 is 0. The smallest absolute Gasteiger partial charge is 0.298 e. The van der Waals surface area contributed by atoms with Crippen LogP contribution < -0.4 is 0 Å². The monoisotopic (exact) mass is 635 g/mol. The lowest BCUT2D eigenvalue weighted by molar-refractivity contribution is 0.0986. The molecule has 0 unspecified atom stereocenters. The molecule has 0 aliphatic heterocycles. The lowest BCUT2D eigenvalue weighted by Crippen LogP contribution is -2.15. The van der Waals surface area contributed by atoms with Gasteiger partial charge in [-0.05, 0) is 51.3 Å². The van der Waals surface area contributed by atoms with E-state index in [-0.39, 0.29) is 64.0 Å². The first-order valence-electron chi connectivity index (χ1n) is 10.1. The van der Waals surface area contributed by atoms with Crippen LogP contribution in [-0.4, -0.2) is 23.9 Å². The molecule has 0 bridgehead atoms. The summed E-state index contributed by atoms with van der Waals surface area (Å²) >= 11 is 5.42. The molecular formula is C27H15N4O3S6-3. The molecule has 40 heavy (non-hydrogen) atoms. The van der Waals surface area contributed by atoms with Crippen LogP contribution in [0.1, 0.15) is 63.6 Å². The van der Waals surface area contributed by atoms with Crippen LogP contribution in [0.3, 0.4) is 0 Å². The van der Waals surface area contributed by atoms with Crippen LogP contribution in [-0.2, 0) is 27.0 Å². The Morgan fingerprint density at radius 1 is 0.725 bits per heavy atom. The summed E-state index contributed by atoms with van der Waals surface area (Å²) in [5.41, 5.74) is 3.10. The van der Waals surface area contributed by atoms with Crippen molar-refractivity contribution in [1.29, 1.82) is 10.5 Å². The van der Waals surface area contributed by atoms with Crippen LogP contribution in [0.2, 0.25) is 0 Å². The molecule has 13 heteroatoms. The second-order valence-corrected chi connectivity index (χ2v) is 10.7.